The number of benzene rings is 1. The van der Waals surface area contributed by atoms with Crippen molar-refractivity contribution in [1.82, 2.24) is 0 Å². The van der Waals surface area contributed by atoms with Gasteiger partial charge in [-0.15, -0.1) is 0 Å². The highest BCUT2D eigenvalue weighted by Gasteiger charge is 2.21. The smallest absolute Gasteiger partial charge is 0.123 e. The van der Waals surface area contributed by atoms with Crippen molar-refractivity contribution in [1.29, 1.82) is 0 Å². The molecule has 0 saturated heterocycles. The average molecular weight is 206 g/mol. The average Bonchev–Trinajstić information content (AvgIpc) is 2.45. The van der Waals surface area contributed by atoms with E-state index in [1.807, 2.05) is 13.8 Å². The van der Waals surface area contributed by atoms with Crippen LogP contribution < -0.4 is 4.74 Å². The quantitative estimate of drug-likeness (QED) is 0.805. The minimum Gasteiger partial charge on any atom is -0.493 e. The summed E-state index contributed by atoms with van der Waals surface area (Å²) in [5.74, 6) is 1.49. The van der Waals surface area contributed by atoms with Crippen molar-refractivity contribution in [3.63, 3.8) is 0 Å². The molecule has 0 bridgehead atoms. The number of ether oxygens (including phenoxy) is 1. The molecular formula is C13H18O2. The van der Waals surface area contributed by atoms with Crippen LogP contribution in [0.15, 0.2) is 18.2 Å². The van der Waals surface area contributed by atoms with Gasteiger partial charge in [0.15, 0.2) is 0 Å². The molecule has 0 radical (unpaired) electrons. The van der Waals surface area contributed by atoms with Gasteiger partial charge >= 0.3 is 0 Å². The fraction of sp³-hybridized carbons (Fsp3) is 0.538. The summed E-state index contributed by atoms with van der Waals surface area (Å²) in [6, 6.07) is 6.26. The molecule has 2 heteroatoms. The Bertz CT molecular complexity index is 363. The first-order chi connectivity index (χ1) is 6.96. The van der Waals surface area contributed by atoms with Gasteiger partial charge in [0.25, 0.3) is 0 Å². The lowest BCUT2D eigenvalue weighted by atomic mass is 9.95. The molecule has 0 spiro atoms. The van der Waals surface area contributed by atoms with Gasteiger partial charge in [-0.1, -0.05) is 19.1 Å². The predicted octanol–water partition coefficient (Wildman–Crippen LogP) is 2.50. The van der Waals surface area contributed by atoms with Crippen LogP contribution in [0, 0.1) is 0 Å². The normalized spacial score (nSPS) is 19.9. The Balaban J connectivity index is 2.24. The molecule has 15 heavy (non-hydrogen) atoms. The largest absolute Gasteiger partial charge is 0.493 e. The molecule has 1 N–H and O–H groups in total. The zero-order chi connectivity index (χ0) is 11.1. The van der Waals surface area contributed by atoms with Crippen LogP contribution in [0.1, 0.15) is 37.8 Å². The fourth-order valence-corrected chi connectivity index (χ4v) is 2.02. The lowest BCUT2D eigenvalue weighted by Gasteiger charge is -2.17. The van der Waals surface area contributed by atoms with Crippen LogP contribution in [0.3, 0.4) is 0 Å². The second kappa shape index (κ2) is 3.53. The Morgan fingerprint density at radius 1 is 1.47 bits per heavy atom. The molecule has 2 rings (SSSR count). The van der Waals surface area contributed by atoms with Gasteiger partial charge in [-0.05, 0) is 25.5 Å². The van der Waals surface area contributed by atoms with Crippen molar-refractivity contribution in [3.8, 4) is 5.75 Å². The highest BCUT2D eigenvalue weighted by Crippen LogP contribution is 2.34. The molecule has 1 heterocycles. The summed E-state index contributed by atoms with van der Waals surface area (Å²) in [5.41, 5.74) is 1.77. The third-order valence-corrected chi connectivity index (χ3v) is 2.73. The van der Waals surface area contributed by atoms with E-state index in [0.717, 1.165) is 17.9 Å². The third kappa shape index (κ3) is 2.32. The predicted molar refractivity (Wildman–Crippen MR) is 60.4 cm³/mol. The van der Waals surface area contributed by atoms with Crippen molar-refractivity contribution >= 4 is 0 Å². The van der Waals surface area contributed by atoms with Crippen LogP contribution in [0.5, 0.6) is 5.75 Å². The third-order valence-electron chi connectivity index (χ3n) is 2.73. The maximum absolute atomic E-state index is 9.73. The molecule has 0 saturated carbocycles. The van der Waals surface area contributed by atoms with Gasteiger partial charge in [0, 0.05) is 17.9 Å². The summed E-state index contributed by atoms with van der Waals surface area (Å²) >= 11 is 0. The van der Waals surface area contributed by atoms with Gasteiger partial charge in [-0.2, -0.15) is 0 Å². The molecule has 0 aromatic heterocycles. The monoisotopic (exact) mass is 206 g/mol. The molecule has 1 unspecified atom stereocenters. The molecular weight excluding hydrogens is 188 g/mol. The lowest BCUT2D eigenvalue weighted by Crippen LogP contribution is -2.21. The molecule has 1 aliphatic rings. The second-order valence-corrected chi connectivity index (χ2v) is 5.07. The Kier molecular flexibility index (Phi) is 2.47. The number of fused-ring (bicyclic) bond motifs is 1. The van der Waals surface area contributed by atoms with E-state index in [1.54, 1.807) is 0 Å². The number of aliphatic hydroxyl groups is 1. The van der Waals surface area contributed by atoms with Crippen molar-refractivity contribution in [3.05, 3.63) is 29.3 Å². The van der Waals surface area contributed by atoms with Crippen LogP contribution in [0.25, 0.3) is 0 Å². The summed E-state index contributed by atoms with van der Waals surface area (Å²) in [6.07, 6.45) is 0.665. The standard InChI is InChI=1S/C13H18O2/c1-9-8-15-12-6-10(4-5-11(9)12)7-13(2,3)14/h4-6,9,14H,7-8H2,1-3H3. The van der Waals surface area contributed by atoms with Crippen molar-refractivity contribution in [2.75, 3.05) is 6.61 Å². The van der Waals surface area contributed by atoms with Gasteiger partial charge < -0.3 is 9.84 Å². The first-order valence-electron chi connectivity index (χ1n) is 5.44. The fourth-order valence-electron chi connectivity index (χ4n) is 2.02. The van der Waals surface area contributed by atoms with Gasteiger partial charge in [0.2, 0.25) is 0 Å². The minimum atomic E-state index is -0.654. The minimum absolute atomic E-state index is 0.496. The van der Waals surface area contributed by atoms with Crippen molar-refractivity contribution in [2.24, 2.45) is 0 Å². The van der Waals surface area contributed by atoms with Crippen LogP contribution in [-0.2, 0) is 6.42 Å². The summed E-state index contributed by atoms with van der Waals surface area (Å²) in [4.78, 5) is 0. The molecule has 82 valence electrons. The molecule has 1 aromatic rings. The van der Waals surface area contributed by atoms with E-state index < -0.39 is 5.60 Å². The Hall–Kier alpha value is -1.02. The topological polar surface area (TPSA) is 29.5 Å². The van der Waals surface area contributed by atoms with E-state index in [4.69, 9.17) is 4.74 Å². The number of hydrogen-bond acceptors (Lipinski definition) is 2. The molecule has 1 aliphatic heterocycles. The van der Waals surface area contributed by atoms with E-state index in [-0.39, 0.29) is 0 Å². The summed E-state index contributed by atoms with van der Waals surface area (Å²) in [6.45, 7) is 6.59. The zero-order valence-corrected chi connectivity index (χ0v) is 9.58. The van der Waals surface area contributed by atoms with E-state index in [0.29, 0.717) is 12.3 Å². The first-order valence-corrected chi connectivity index (χ1v) is 5.44. The zero-order valence-electron chi connectivity index (χ0n) is 9.58. The highest BCUT2D eigenvalue weighted by atomic mass is 16.5. The van der Waals surface area contributed by atoms with Gasteiger partial charge in [-0.3, -0.25) is 0 Å². The maximum atomic E-state index is 9.73. The van der Waals surface area contributed by atoms with Crippen molar-refractivity contribution in [2.45, 2.75) is 38.7 Å². The van der Waals surface area contributed by atoms with E-state index >= 15 is 0 Å². The summed E-state index contributed by atoms with van der Waals surface area (Å²) < 4.78 is 5.58. The summed E-state index contributed by atoms with van der Waals surface area (Å²) in [7, 11) is 0. The second-order valence-electron chi connectivity index (χ2n) is 5.07. The van der Waals surface area contributed by atoms with E-state index in [1.165, 1.54) is 5.56 Å². The maximum Gasteiger partial charge on any atom is 0.123 e. The molecule has 1 aromatic carbocycles. The summed E-state index contributed by atoms with van der Waals surface area (Å²) in [5, 5.41) is 9.73. The Labute approximate surface area is 90.9 Å². The highest BCUT2D eigenvalue weighted by molar-refractivity contribution is 5.42. The van der Waals surface area contributed by atoms with E-state index in [9.17, 15) is 5.11 Å². The Morgan fingerprint density at radius 2 is 2.20 bits per heavy atom. The molecule has 2 nitrogen and oxygen atoms in total. The van der Waals surface area contributed by atoms with E-state index in [2.05, 4.69) is 25.1 Å². The molecule has 0 aliphatic carbocycles. The molecule has 1 atom stereocenters. The Morgan fingerprint density at radius 3 is 2.87 bits per heavy atom. The first kappa shape index (κ1) is 10.5. The van der Waals surface area contributed by atoms with Crippen LogP contribution in [0.4, 0.5) is 0 Å². The lowest BCUT2D eigenvalue weighted by molar-refractivity contribution is 0.0809. The van der Waals surface area contributed by atoms with Crippen molar-refractivity contribution < 1.29 is 9.84 Å². The number of rotatable bonds is 2. The van der Waals surface area contributed by atoms with Crippen LogP contribution >= 0.6 is 0 Å². The molecule has 0 amide bonds. The number of hydrogen-bond donors (Lipinski definition) is 1. The van der Waals surface area contributed by atoms with Crippen LogP contribution in [-0.4, -0.2) is 17.3 Å². The SMILES string of the molecule is CC1COc2cc(CC(C)(C)O)ccc21. The van der Waals surface area contributed by atoms with Gasteiger partial charge in [0.05, 0.1) is 12.2 Å². The van der Waals surface area contributed by atoms with Gasteiger partial charge in [-0.25, -0.2) is 0 Å². The van der Waals surface area contributed by atoms with Crippen LogP contribution in [0.2, 0.25) is 0 Å². The van der Waals surface area contributed by atoms with Gasteiger partial charge in [0.1, 0.15) is 5.75 Å². The molecule has 0 fully saturated rings.